The molecule has 4 rings (SSSR count). The Balaban J connectivity index is 1.88. The van der Waals surface area contributed by atoms with Gasteiger partial charge in [0.05, 0.1) is 11.6 Å². The molecule has 0 spiro atoms. The summed E-state index contributed by atoms with van der Waals surface area (Å²) in [5, 5.41) is 9.56. The Morgan fingerprint density at radius 1 is 1.12 bits per heavy atom. The van der Waals surface area contributed by atoms with Gasteiger partial charge < -0.3 is 9.80 Å². The van der Waals surface area contributed by atoms with Gasteiger partial charge in [-0.25, -0.2) is 19.2 Å². The van der Waals surface area contributed by atoms with Crippen molar-refractivity contribution in [2.45, 2.75) is 65.1 Å². The lowest BCUT2D eigenvalue weighted by Gasteiger charge is -2.50. The number of nitrogens with zero attached hydrogens (tertiary/aromatic N) is 8. The van der Waals surface area contributed by atoms with Crippen LogP contribution in [-0.2, 0) is 7.05 Å². The first-order valence-corrected chi connectivity index (χ1v) is 15.5. The highest BCUT2D eigenvalue weighted by molar-refractivity contribution is 9.11. The second kappa shape index (κ2) is 13.8. The third-order valence-corrected chi connectivity index (χ3v) is 9.17. The Labute approximate surface area is 261 Å². The number of allylic oxidation sites excluding steroid dienone is 1. The van der Waals surface area contributed by atoms with Crippen molar-refractivity contribution in [3.63, 3.8) is 0 Å². The van der Waals surface area contributed by atoms with Crippen LogP contribution >= 0.6 is 15.9 Å². The summed E-state index contributed by atoms with van der Waals surface area (Å²) >= 11 is 3.70. The predicted octanol–water partition coefficient (Wildman–Crippen LogP) is 5.76. The van der Waals surface area contributed by atoms with Crippen molar-refractivity contribution >= 4 is 38.6 Å². The minimum absolute atomic E-state index is 0.0131. The molecule has 2 aromatic heterocycles. The maximum absolute atomic E-state index is 14.1. The first-order valence-electron chi connectivity index (χ1n) is 14.7. The molecule has 0 radical (unpaired) electrons. The SMILES string of the molecule is CC/C(C)=C(/Br)N=C(C(c1ccc(F)cc1)N1CC(CC)N(c2nc(=O)n(C)c3ccc(C#N)nc23)C[C@H]1CC)N(C)C. The fraction of sp³-hybridized carbons (Fsp3) is 0.469. The number of hydrogen-bond donors (Lipinski definition) is 0. The molecule has 1 saturated heterocycles. The molecule has 1 aliphatic heterocycles. The van der Waals surface area contributed by atoms with E-state index in [2.05, 4.69) is 69.5 Å². The van der Waals surface area contributed by atoms with Gasteiger partial charge in [-0.2, -0.15) is 10.2 Å². The molecule has 1 aromatic carbocycles. The van der Waals surface area contributed by atoms with Crippen LogP contribution in [0.25, 0.3) is 11.0 Å². The number of aryl methyl sites for hydroxylation is 1. The van der Waals surface area contributed by atoms with Crippen LogP contribution in [-0.4, -0.2) is 69.4 Å². The number of anilines is 1. The van der Waals surface area contributed by atoms with Crippen LogP contribution in [0.2, 0.25) is 0 Å². The summed E-state index contributed by atoms with van der Waals surface area (Å²) in [4.78, 5) is 33.8. The van der Waals surface area contributed by atoms with Gasteiger partial charge in [0.2, 0.25) is 0 Å². The summed E-state index contributed by atoms with van der Waals surface area (Å²) in [5.41, 5.74) is 3.16. The number of pyridine rings is 1. The molecule has 11 heteroatoms. The van der Waals surface area contributed by atoms with Crippen molar-refractivity contribution in [1.82, 2.24) is 24.3 Å². The summed E-state index contributed by atoms with van der Waals surface area (Å²) in [7, 11) is 5.64. The lowest BCUT2D eigenvalue weighted by molar-refractivity contribution is 0.117. The van der Waals surface area contributed by atoms with Crippen LogP contribution < -0.4 is 10.6 Å². The number of rotatable bonds is 8. The van der Waals surface area contributed by atoms with E-state index < -0.39 is 0 Å². The molecule has 43 heavy (non-hydrogen) atoms. The zero-order valence-electron chi connectivity index (χ0n) is 26.0. The average molecular weight is 652 g/mol. The summed E-state index contributed by atoms with van der Waals surface area (Å²) in [6.45, 7) is 9.66. The molecule has 3 atom stereocenters. The maximum Gasteiger partial charge on any atom is 0.349 e. The molecule has 228 valence electrons. The van der Waals surface area contributed by atoms with Crippen LogP contribution in [0, 0.1) is 17.1 Å². The predicted molar refractivity (Wildman–Crippen MR) is 174 cm³/mol. The average Bonchev–Trinajstić information content (AvgIpc) is 3.01. The molecule has 3 aromatic rings. The number of halogens is 2. The van der Waals surface area contributed by atoms with Crippen molar-refractivity contribution in [1.29, 1.82) is 5.26 Å². The van der Waals surface area contributed by atoms with Gasteiger partial charge in [-0.3, -0.25) is 9.47 Å². The van der Waals surface area contributed by atoms with Crippen molar-refractivity contribution in [2.75, 3.05) is 32.1 Å². The highest BCUT2D eigenvalue weighted by Gasteiger charge is 2.40. The van der Waals surface area contributed by atoms with E-state index in [9.17, 15) is 14.4 Å². The van der Waals surface area contributed by atoms with E-state index in [0.717, 1.165) is 40.8 Å². The van der Waals surface area contributed by atoms with Crippen LogP contribution in [0.4, 0.5) is 10.2 Å². The molecule has 2 unspecified atom stereocenters. The van der Waals surface area contributed by atoms with Crippen LogP contribution in [0.1, 0.15) is 64.3 Å². The Morgan fingerprint density at radius 2 is 1.79 bits per heavy atom. The number of piperazine rings is 1. The van der Waals surface area contributed by atoms with Gasteiger partial charge in [-0.05, 0) is 77.5 Å². The van der Waals surface area contributed by atoms with E-state index in [1.54, 1.807) is 19.2 Å². The van der Waals surface area contributed by atoms with Crippen molar-refractivity contribution in [3.05, 3.63) is 74.1 Å². The minimum Gasteiger partial charge on any atom is -0.365 e. The number of likely N-dealkylation sites (N-methyl/N-ethyl adjacent to an activating group) is 1. The Bertz CT molecular complexity index is 1630. The van der Waals surface area contributed by atoms with Gasteiger partial charge in [-0.1, -0.05) is 32.9 Å². The van der Waals surface area contributed by atoms with E-state index >= 15 is 0 Å². The highest BCUT2D eigenvalue weighted by atomic mass is 79.9. The van der Waals surface area contributed by atoms with E-state index in [1.807, 2.05) is 31.1 Å². The lowest BCUT2D eigenvalue weighted by atomic mass is 9.95. The number of fused-ring (bicyclic) bond motifs is 1. The summed E-state index contributed by atoms with van der Waals surface area (Å²) < 4.78 is 16.4. The fourth-order valence-corrected chi connectivity index (χ4v) is 6.08. The Hall–Kier alpha value is -3.62. The van der Waals surface area contributed by atoms with Crippen LogP contribution in [0.5, 0.6) is 0 Å². The first-order chi connectivity index (χ1) is 20.5. The molecule has 1 aliphatic rings. The summed E-state index contributed by atoms with van der Waals surface area (Å²) in [6.07, 6.45) is 2.46. The smallest absolute Gasteiger partial charge is 0.349 e. The first kappa shape index (κ1) is 32.3. The Kier molecular flexibility index (Phi) is 10.4. The van der Waals surface area contributed by atoms with Gasteiger partial charge in [0, 0.05) is 46.3 Å². The molecular formula is C32H40BrFN8O. The number of aromatic nitrogens is 3. The molecule has 0 amide bonds. The maximum atomic E-state index is 14.1. The monoisotopic (exact) mass is 650 g/mol. The van der Waals surface area contributed by atoms with Crippen LogP contribution in [0.15, 0.2) is 56.4 Å². The normalized spacial score (nSPS) is 19.3. The molecule has 0 aliphatic carbocycles. The van der Waals surface area contributed by atoms with Gasteiger partial charge in [0.25, 0.3) is 0 Å². The zero-order valence-corrected chi connectivity index (χ0v) is 27.6. The molecule has 3 heterocycles. The Morgan fingerprint density at radius 3 is 2.37 bits per heavy atom. The number of amidine groups is 1. The van der Waals surface area contributed by atoms with E-state index in [0.29, 0.717) is 29.9 Å². The molecule has 0 N–H and O–H groups in total. The van der Waals surface area contributed by atoms with E-state index in [1.165, 1.54) is 16.7 Å². The summed E-state index contributed by atoms with van der Waals surface area (Å²) in [6, 6.07) is 12.0. The fourth-order valence-electron chi connectivity index (χ4n) is 5.61. The zero-order chi connectivity index (χ0) is 31.4. The standard InChI is InChI=1S/C32H40BrFN8O/c1-8-20(4)29(33)37-31(39(5)6)28(21-11-13-22(34)14-12-21)41-18-25(10-3)42(19-24(41)9-2)30-27-26(40(7)32(43)38-30)16-15-23(17-35)36-27/h11-16,24-25,28H,8-10,18-19H2,1-7H3/b29-20-,37-31?/t24-,25?,28?/m1/s1. The number of hydrogen-bond acceptors (Lipinski definition) is 7. The van der Waals surface area contributed by atoms with Crippen molar-refractivity contribution < 1.29 is 4.39 Å². The number of benzene rings is 1. The molecule has 0 saturated carbocycles. The second-order valence-corrected chi connectivity index (χ2v) is 11.9. The number of aliphatic imine (C=N–C) groups is 1. The molecular weight excluding hydrogens is 611 g/mol. The minimum atomic E-state index is -0.367. The van der Waals surface area contributed by atoms with E-state index in [4.69, 9.17) is 4.99 Å². The third-order valence-electron chi connectivity index (χ3n) is 8.32. The van der Waals surface area contributed by atoms with E-state index in [-0.39, 0.29) is 35.3 Å². The second-order valence-electron chi connectivity index (χ2n) is 11.2. The topological polar surface area (TPSA) is 93.6 Å². The van der Waals surface area contributed by atoms with Gasteiger partial charge in [-0.15, -0.1) is 0 Å². The van der Waals surface area contributed by atoms with Gasteiger partial charge >= 0.3 is 5.69 Å². The van der Waals surface area contributed by atoms with Crippen molar-refractivity contribution in [3.8, 4) is 6.07 Å². The van der Waals surface area contributed by atoms with Gasteiger partial charge in [0.15, 0.2) is 5.82 Å². The lowest BCUT2D eigenvalue weighted by Crippen LogP contribution is -2.61. The molecule has 9 nitrogen and oxygen atoms in total. The third kappa shape index (κ3) is 6.65. The van der Waals surface area contributed by atoms with Crippen molar-refractivity contribution in [2.24, 2.45) is 12.0 Å². The number of nitriles is 1. The quantitative estimate of drug-likeness (QED) is 0.174. The largest absolute Gasteiger partial charge is 0.365 e. The summed E-state index contributed by atoms with van der Waals surface area (Å²) in [5.74, 6) is 1.06. The molecule has 0 bridgehead atoms. The molecule has 1 fully saturated rings. The van der Waals surface area contributed by atoms with Gasteiger partial charge in [0.1, 0.15) is 33.5 Å². The highest BCUT2D eigenvalue weighted by Crippen LogP contribution is 2.35. The van der Waals surface area contributed by atoms with Crippen LogP contribution in [0.3, 0.4) is 0 Å².